The van der Waals surface area contributed by atoms with Crippen molar-refractivity contribution in [2.75, 3.05) is 17.3 Å². The summed E-state index contributed by atoms with van der Waals surface area (Å²) in [6.07, 6.45) is 2.22. The summed E-state index contributed by atoms with van der Waals surface area (Å²) in [7, 11) is 0. The van der Waals surface area contributed by atoms with E-state index in [1.54, 1.807) is 18.2 Å². The van der Waals surface area contributed by atoms with E-state index in [4.69, 9.17) is 16.0 Å². The number of benzene rings is 2. The van der Waals surface area contributed by atoms with Crippen molar-refractivity contribution < 1.29 is 18.4 Å². The van der Waals surface area contributed by atoms with Gasteiger partial charge >= 0.3 is 5.76 Å². The third-order valence-corrected chi connectivity index (χ3v) is 4.97. The van der Waals surface area contributed by atoms with Crippen LogP contribution in [-0.2, 0) is 4.79 Å². The summed E-state index contributed by atoms with van der Waals surface area (Å²) in [6, 6.07) is 7.48. The number of carbonyl (C=O) groups excluding carboxylic acids is 2. The minimum Gasteiger partial charge on any atom is -0.408 e. The van der Waals surface area contributed by atoms with Gasteiger partial charge in [0.2, 0.25) is 5.91 Å². The smallest absolute Gasteiger partial charge is 0.408 e. The van der Waals surface area contributed by atoms with Crippen LogP contribution in [0.15, 0.2) is 45.6 Å². The SMILES string of the molecule is CSCCC(NC(=O)c1ccc(Cl)cc1F)C(=O)Nc1ccc2oc(=O)[nH]c2c1. The molecule has 0 radical (unpaired) electrons. The number of hydrogen-bond acceptors (Lipinski definition) is 5. The van der Waals surface area contributed by atoms with Crippen molar-refractivity contribution in [1.29, 1.82) is 0 Å². The molecule has 1 heterocycles. The Morgan fingerprint density at radius 1 is 1.28 bits per heavy atom. The van der Waals surface area contributed by atoms with Crippen molar-refractivity contribution in [2.24, 2.45) is 0 Å². The Balaban J connectivity index is 1.76. The van der Waals surface area contributed by atoms with E-state index in [9.17, 15) is 18.8 Å². The first kappa shape index (κ1) is 20.9. The molecule has 1 aromatic heterocycles. The molecule has 10 heteroatoms. The molecule has 7 nitrogen and oxygen atoms in total. The van der Waals surface area contributed by atoms with Crippen LogP contribution >= 0.6 is 23.4 Å². The second kappa shape index (κ2) is 9.15. The van der Waals surface area contributed by atoms with Crippen LogP contribution < -0.4 is 16.4 Å². The molecule has 1 atom stereocenters. The monoisotopic (exact) mass is 437 g/mol. The lowest BCUT2D eigenvalue weighted by molar-refractivity contribution is -0.118. The van der Waals surface area contributed by atoms with Crippen molar-refractivity contribution in [2.45, 2.75) is 12.5 Å². The van der Waals surface area contributed by atoms with Crippen LogP contribution in [0.4, 0.5) is 10.1 Å². The van der Waals surface area contributed by atoms with Crippen LogP contribution in [0, 0.1) is 5.82 Å². The van der Waals surface area contributed by atoms with E-state index in [0.29, 0.717) is 29.0 Å². The zero-order valence-corrected chi connectivity index (χ0v) is 16.8. The third kappa shape index (κ3) is 5.18. The number of H-pyrrole nitrogens is 1. The Morgan fingerprint density at radius 3 is 2.79 bits per heavy atom. The summed E-state index contributed by atoms with van der Waals surface area (Å²) in [5.74, 6) is -1.94. The number of hydrogen-bond donors (Lipinski definition) is 3. The van der Waals surface area contributed by atoms with E-state index in [2.05, 4.69) is 15.6 Å². The molecule has 0 spiro atoms. The second-order valence-corrected chi connectivity index (χ2v) is 7.57. The molecule has 3 N–H and O–H groups in total. The molecule has 3 aromatic rings. The number of oxazole rings is 1. The normalized spacial score (nSPS) is 12.0. The molecule has 0 saturated heterocycles. The average Bonchev–Trinajstić information content (AvgIpc) is 3.04. The fourth-order valence-electron chi connectivity index (χ4n) is 2.67. The fraction of sp³-hybridized carbons (Fsp3) is 0.211. The Labute approximate surface area is 174 Å². The van der Waals surface area contributed by atoms with Crippen LogP contribution in [0.3, 0.4) is 0 Å². The molecule has 0 bridgehead atoms. The Hall–Kier alpha value is -2.78. The average molecular weight is 438 g/mol. The lowest BCUT2D eigenvalue weighted by atomic mass is 10.1. The van der Waals surface area contributed by atoms with Gasteiger partial charge in [-0.3, -0.25) is 14.6 Å². The number of thioether (sulfide) groups is 1. The van der Waals surface area contributed by atoms with Gasteiger partial charge in [-0.2, -0.15) is 11.8 Å². The van der Waals surface area contributed by atoms with Crippen LogP contribution in [0.2, 0.25) is 5.02 Å². The molecule has 29 heavy (non-hydrogen) atoms. The predicted molar refractivity (Wildman–Crippen MR) is 111 cm³/mol. The Kier molecular flexibility index (Phi) is 6.60. The number of anilines is 1. The number of halogens is 2. The van der Waals surface area contributed by atoms with E-state index in [1.807, 2.05) is 6.26 Å². The molecule has 0 aliphatic carbocycles. The first-order valence-corrected chi connectivity index (χ1v) is 10.3. The zero-order valence-electron chi connectivity index (χ0n) is 15.3. The fourth-order valence-corrected chi connectivity index (χ4v) is 3.30. The molecule has 0 aliphatic rings. The van der Waals surface area contributed by atoms with Crippen LogP contribution in [-0.4, -0.2) is 34.8 Å². The van der Waals surface area contributed by atoms with Gasteiger partial charge in [0.15, 0.2) is 5.58 Å². The van der Waals surface area contributed by atoms with E-state index in [1.165, 1.54) is 23.9 Å². The number of aromatic amines is 1. The zero-order chi connectivity index (χ0) is 21.0. The summed E-state index contributed by atoms with van der Waals surface area (Å²) in [4.78, 5) is 38.9. The maximum Gasteiger partial charge on any atom is 0.417 e. The highest BCUT2D eigenvalue weighted by atomic mass is 35.5. The van der Waals surface area contributed by atoms with Gasteiger partial charge in [-0.1, -0.05) is 11.6 Å². The molecule has 2 amide bonds. The number of fused-ring (bicyclic) bond motifs is 1. The minimum absolute atomic E-state index is 0.170. The van der Waals surface area contributed by atoms with Crippen LogP contribution in [0.5, 0.6) is 0 Å². The maximum absolute atomic E-state index is 14.0. The summed E-state index contributed by atoms with van der Waals surface area (Å²) in [5, 5.41) is 5.43. The van der Waals surface area contributed by atoms with E-state index in [0.717, 1.165) is 6.07 Å². The van der Waals surface area contributed by atoms with Gasteiger partial charge < -0.3 is 15.1 Å². The van der Waals surface area contributed by atoms with E-state index < -0.39 is 29.4 Å². The number of aromatic nitrogens is 1. The highest BCUT2D eigenvalue weighted by molar-refractivity contribution is 7.98. The quantitative estimate of drug-likeness (QED) is 0.525. The first-order valence-electron chi connectivity index (χ1n) is 8.56. The lowest BCUT2D eigenvalue weighted by Crippen LogP contribution is -2.44. The summed E-state index contributed by atoms with van der Waals surface area (Å²) >= 11 is 7.22. The molecule has 1 unspecified atom stereocenters. The summed E-state index contributed by atoms with van der Waals surface area (Å²) in [6.45, 7) is 0. The Bertz CT molecular complexity index is 1110. The highest BCUT2D eigenvalue weighted by Gasteiger charge is 2.23. The lowest BCUT2D eigenvalue weighted by Gasteiger charge is -2.18. The number of rotatable bonds is 7. The van der Waals surface area contributed by atoms with Crippen molar-refractivity contribution in [3.63, 3.8) is 0 Å². The van der Waals surface area contributed by atoms with Gasteiger partial charge in [0.05, 0.1) is 11.1 Å². The largest absolute Gasteiger partial charge is 0.417 e. The summed E-state index contributed by atoms with van der Waals surface area (Å²) in [5.41, 5.74) is 1.01. The maximum atomic E-state index is 14.0. The van der Waals surface area contributed by atoms with Gasteiger partial charge in [0, 0.05) is 10.7 Å². The van der Waals surface area contributed by atoms with Crippen molar-refractivity contribution >= 4 is 52.0 Å². The molecular formula is C19H17ClFN3O4S. The minimum atomic E-state index is -0.885. The number of nitrogens with one attached hydrogen (secondary N) is 3. The van der Waals surface area contributed by atoms with Gasteiger partial charge in [-0.05, 0) is 54.8 Å². The molecule has 3 rings (SSSR count). The second-order valence-electron chi connectivity index (χ2n) is 6.15. The van der Waals surface area contributed by atoms with Crippen molar-refractivity contribution in [1.82, 2.24) is 10.3 Å². The van der Waals surface area contributed by atoms with E-state index in [-0.39, 0.29) is 10.6 Å². The standard InChI is InChI=1S/C19H17ClFN3O4S/c1-29-7-6-14(23-17(25)12-4-2-10(20)8-13(12)21)18(26)22-11-3-5-16-15(9-11)24-19(27)28-16/h2-5,8-9,14H,6-7H2,1H3,(H,22,26)(H,23,25)(H,24,27). The highest BCUT2D eigenvalue weighted by Crippen LogP contribution is 2.18. The molecule has 0 saturated carbocycles. The number of amides is 2. The van der Waals surface area contributed by atoms with Crippen molar-refractivity contribution in [3.05, 3.63) is 63.4 Å². The topological polar surface area (TPSA) is 104 Å². The van der Waals surface area contributed by atoms with Gasteiger partial charge in [0.1, 0.15) is 11.9 Å². The molecule has 152 valence electrons. The first-order chi connectivity index (χ1) is 13.9. The van der Waals surface area contributed by atoms with E-state index >= 15 is 0 Å². The summed E-state index contributed by atoms with van der Waals surface area (Å²) < 4.78 is 18.9. The van der Waals surface area contributed by atoms with Gasteiger partial charge in [-0.15, -0.1) is 0 Å². The Morgan fingerprint density at radius 2 is 2.07 bits per heavy atom. The number of carbonyl (C=O) groups is 2. The predicted octanol–water partition coefficient (Wildman–Crippen LogP) is 3.40. The van der Waals surface area contributed by atoms with Gasteiger partial charge in [-0.25, -0.2) is 9.18 Å². The molecule has 0 fully saturated rings. The molecule has 2 aromatic carbocycles. The molecule has 0 aliphatic heterocycles. The van der Waals surface area contributed by atoms with Crippen LogP contribution in [0.1, 0.15) is 16.8 Å². The van der Waals surface area contributed by atoms with Crippen molar-refractivity contribution in [3.8, 4) is 0 Å². The van der Waals surface area contributed by atoms with Crippen LogP contribution in [0.25, 0.3) is 11.1 Å². The molecular weight excluding hydrogens is 421 g/mol. The third-order valence-electron chi connectivity index (χ3n) is 4.09. The van der Waals surface area contributed by atoms with Gasteiger partial charge in [0.25, 0.3) is 5.91 Å².